The van der Waals surface area contributed by atoms with Crippen LogP contribution in [0.4, 0.5) is 0 Å². The molecular formula is C15H24ClNS. The SMILES string of the molecule is CC(C)CNCC1CCCCC1c1sccc1Cl. The highest BCUT2D eigenvalue weighted by Gasteiger charge is 2.28. The van der Waals surface area contributed by atoms with Crippen LogP contribution < -0.4 is 5.32 Å². The van der Waals surface area contributed by atoms with Gasteiger partial charge in [-0.25, -0.2) is 0 Å². The molecule has 1 fully saturated rings. The van der Waals surface area contributed by atoms with Crippen LogP contribution in [0.3, 0.4) is 0 Å². The van der Waals surface area contributed by atoms with E-state index >= 15 is 0 Å². The number of thiophene rings is 1. The van der Waals surface area contributed by atoms with E-state index in [1.807, 2.05) is 11.3 Å². The lowest BCUT2D eigenvalue weighted by Crippen LogP contribution is -2.31. The van der Waals surface area contributed by atoms with Gasteiger partial charge in [-0.3, -0.25) is 0 Å². The van der Waals surface area contributed by atoms with Crippen LogP contribution in [0.5, 0.6) is 0 Å². The average Bonchev–Trinajstić information content (AvgIpc) is 2.76. The van der Waals surface area contributed by atoms with Gasteiger partial charge in [-0.05, 0) is 55.1 Å². The van der Waals surface area contributed by atoms with Gasteiger partial charge in [0.2, 0.25) is 0 Å². The van der Waals surface area contributed by atoms with Crippen molar-refractivity contribution in [2.45, 2.75) is 45.4 Å². The van der Waals surface area contributed by atoms with Gasteiger partial charge in [0.25, 0.3) is 0 Å². The topological polar surface area (TPSA) is 12.0 Å². The van der Waals surface area contributed by atoms with E-state index in [4.69, 9.17) is 11.6 Å². The van der Waals surface area contributed by atoms with Crippen LogP contribution in [0.15, 0.2) is 11.4 Å². The minimum atomic E-state index is 0.686. The first-order valence-electron chi connectivity index (χ1n) is 7.12. The Hall–Kier alpha value is -0.0500. The molecule has 0 aromatic carbocycles. The summed E-state index contributed by atoms with van der Waals surface area (Å²) in [6, 6.07) is 2.05. The van der Waals surface area contributed by atoms with E-state index in [0.717, 1.165) is 29.9 Å². The van der Waals surface area contributed by atoms with E-state index in [-0.39, 0.29) is 0 Å². The molecule has 1 aromatic heterocycles. The summed E-state index contributed by atoms with van der Waals surface area (Å²) in [5.41, 5.74) is 0. The van der Waals surface area contributed by atoms with Gasteiger partial charge >= 0.3 is 0 Å². The molecule has 0 radical (unpaired) electrons. The third-order valence-electron chi connectivity index (χ3n) is 3.85. The van der Waals surface area contributed by atoms with Crippen molar-refractivity contribution in [2.24, 2.45) is 11.8 Å². The molecule has 18 heavy (non-hydrogen) atoms. The van der Waals surface area contributed by atoms with Crippen LogP contribution in [0.25, 0.3) is 0 Å². The lowest BCUT2D eigenvalue weighted by Gasteiger charge is -2.31. The van der Waals surface area contributed by atoms with Gasteiger partial charge in [-0.15, -0.1) is 11.3 Å². The van der Waals surface area contributed by atoms with Crippen molar-refractivity contribution in [2.75, 3.05) is 13.1 Å². The molecule has 0 aliphatic heterocycles. The number of hydrogen-bond acceptors (Lipinski definition) is 2. The molecule has 0 bridgehead atoms. The molecule has 1 saturated carbocycles. The Kier molecular flexibility index (Phi) is 5.53. The van der Waals surface area contributed by atoms with Crippen LogP contribution in [0.2, 0.25) is 5.02 Å². The molecule has 0 saturated heterocycles. The molecular weight excluding hydrogens is 262 g/mol. The van der Waals surface area contributed by atoms with E-state index in [2.05, 4.69) is 30.6 Å². The fraction of sp³-hybridized carbons (Fsp3) is 0.733. The summed E-state index contributed by atoms with van der Waals surface area (Å²) < 4.78 is 0. The summed E-state index contributed by atoms with van der Waals surface area (Å²) >= 11 is 8.15. The Morgan fingerprint density at radius 2 is 2.17 bits per heavy atom. The second-order valence-corrected chi connectivity index (χ2v) is 7.19. The Morgan fingerprint density at radius 1 is 1.39 bits per heavy atom. The van der Waals surface area contributed by atoms with E-state index in [9.17, 15) is 0 Å². The molecule has 3 heteroatoms. The molecule has 2 atom stereocenters. The monoisotopic (exact) mass is 285 g/mol. The van der Waals surface area contributed by atoms with Crippen molar-refractivity contribution >= 4 is 22.9 Å². The molecule has 1 nitrogen and oxygen atoms in total. The first-order chi connectivity index (χ1) is 8.68. The zero-order chi connectivity index (χ0) is 13.0. The van der Waals surface area contributed by atoms with Gasteiger partial charge in [0.15, 0.2) is 0 Å². The first-order valence-corrected chi connectivity index (χ1v) is 8.38. The summed E-state index contributed by atoms with van der Waals surface area (Å²) in [6.45, 7) is 6.81. The van der Waals surface area contributed by atoms with Crippen LogP contribution >= 0.6 is 22.9 Å². The highest BCUT2D eigenvalue weighted by atomic mass is 35.5. The molecule has 2 rings (SSSR count). The summed E-state index contributed by atoms with van der Waals surface area (Å²) in [5, 5.41) is 6.74. The van der Waals surface area contributed by atoms with Gasteiger partial charge in [0.1, 0.15) is 0 Å². The third kappa shape index (κ3) is 3.72. The maximum absolute atomic E-state index is 6.31. The van der Waals surface area contributed by atoms with Crippen LogP contribution in [0, 0.1) is 11.8 Å². The van der Waals surface area contributed by atoms with Crippen LogP contribution in [-0.2, 0) is 0 Å². The van der Waals surface area contributed by atoms with Crippen molar-refractivity contribution in [3.63, 3.8) is 0 Å². The Morgan fingerprint density at radius 3 is 2.83 bits per heavy atom. The lowest BCUT2D eigenvalue weighted by molar-refractivity contribution is 0.295. The van der Waals surface area contributed by atoms with Crippen molar-refractivity contribution < 1.29 is 0 Å². The fourth-order valence-corrected chi connectivity index (χ4v) is 4.35. The highest BCUT2D eigenvalue weighted by molar-refractivity contribution is 7.10. The molecule has 1 N–H and O–H groups in total. The van der Waals surface area contributed by atoms with Gasteiger partial charge in [0.05, 0.1) is 5.02 Å². The summed E-state index contributed by atoms with van der Waals surface area (Å²) in [5.74, 6) is 2.19. The number of rotatable bonds is 5. The van der Waals surface area contributed by atoms with Crippen molar-refractivity contribution in [3.8, 4) is 0 Å². The maximum Gasteiger partial charge on any atom is 0.0547 e. The standard InChI is InChI=1S/C15H24ClNS/c1-11(2)9-17-10-12-5-3-4-6-13(12)15-14(16)7-8-18-15/h7-8,11-13,17H,3-6,9-10H2,1-2H3. The normalized spacial score (nSPS) is 24.7. The summed E-state index contributed by atoms with van der Waals surface area (Å²) in [4.78, 5) is 1.42. The number of hydrogen-bond donors (Lipinski definition) is 1. The van der Waals surface area contributed by atoms with E-state index in [0.29, 0.717) is 5.92 Å². The Balaban J connectivity index is 1.96. The van der Waals surface area contributed by atoms with Crippen molar-refractivity contribution in [1.82, 2.24) is 5.32 Å². The maximum atomic E-state index is 6.31. The summed E-state index contributed by atoms with van der Waals surface area (Å²) in [7, 11) is 0. The number of nitrogens with one attached hydrogen (secondary N) is 1. The second-order valence-electron chi connectivity index (χ2n) is 5.84. The summed E-state index contributed by atoms with van der Waals surface area (Å²) in [6.07, 6.45) is 5.41. The van der Waals surface area contributed by atoms with Gasteiger partial charge < -0.3 is 5.32 Å². The van der Waals surface area contributed by atoms with Gasteiger partial charge in [0, 0.05) is 4.88 Å². The molecule has 1 aliphatic carbocycles. The zero-order valence-electron chi connectivity index (χ0n) is 11.4. The van der Waals surface area contributed by atoms with Gasteiger partial charge in [-0.1, -0.05) is 38.3 Å². The van der Waals surface area contributed by atoms with E-state index in [1.165, 1.54) is 30.6 Å². The Labute approximate surface area is 120 Å². The molecule has 102 valence electrons. The Bertz CT molecular complexity index is 361. The average molecular weight is 286 g/mol. The van der Waals surface area contributed by atoms with Crippen LogP contribution in [-0.4, -0.2) is 13.1 Å². The number of halogens is 1. The van der Waals surface area contributed by atoms with Crippen LogP contribution in [0.1, 0.15) is 50.3 Å². The molecule has 1 heterocycles. The minimum absolute atomic E-state index is 0.686. The highest BCUT2D eigenvalue weighted by Crippen LogP contribution is 2.42. The largest absolute Gasteiger partial charge is 0.316 e. The van der Waals surface area contributed by atoms with E-state index < -0.39 is 0 Å². The second kappa shape index (κ2) is 6.93. The molecule has 2 unspecified atom stereocenters. The van der Waals surface area contributed by atoms with Crippen molar-refractivity contribution in [1.29, 1.82) is 0 Å². The predicted molar refractivity (Wildman–Crippen MR) is 81.7 cm³/mol. The zero-order valence-corrected chi connectivity index (χ0v) is 13.0. The molecule has 0 amide bonds. The third-order valence-corrected chi connectivity index (χ3v) is 5.34. The smallest absolute Gasteiger partial charge is 0.0547 e. The lowest BCUT2D eigenvalue weighted by atomic mass is 9.78. The molecule has 1 aromatic rings. The predicted octanol–water partition coefficient (Wildman–Crippen LogP) is 4.92. The quantitative estimate of drug-likeness (QED) is 0.809. The first kappa shape index (κ1) is 14.4. The van der Waals surface area contributed by atoms with Crippen molar-refractivity contribution in [3.05, 3.63) is 21.3 Å². The van der Waals surface area contributed by atoms with Gasteiger partial charge in [-0.2, -0.15) is 0 Å². The minimum Gasteiger partial charge on any atom is -0.316 e. The fourth-order valence-electron chi connectivity index (χ4n) is 2.92. The molecule has 1 aliphatic rings. The van der Waals surface area contributed by atoms with E-state index in [1.54, 1.807) is 0 Å². The molecule has 0 spiro atoms.